The zero-order valence-corrected chi connectivity index (χ0v) is 35.6. The summed E-state index contributed by atoms with van der Waals surface area (Å²) in [4.78, 5) is 62.7. The molecule has 1 unspecified atom stereocenters. The molecule has 3 aliphatic rings. The Labute approximate surface area is 361 Å². The summed E-state index contributed by atoms with van der Waals surface area (Å²) in [5.74, 6) is 1.46. The number of aromatic nitrogens is 4. The minimum atomic E-state index is -0.682. The lowest BCUT2D eigenvalue weighted by Gasteiger charge is -2.37. The quantitative estimate of drug-likeness (QED) is 0.119. The molecule has 320 valence electrons. The van der Waals surface area contributed by atoms with Crippen molar-refractivity contribution in [1.82, 2.24) is 40.0 Å². The lowest BCUT2D eigenvalue weighted by atomic mass is 9.98. The lowest BCUT2D eigenvalue weighted by Crippen LogP contribution is -2.51. The summed E-state index contributed by atoms with van der Waals surface area (Å²) in [6.07, 6.45) is 6.55. The summed E-state index contributed by atoms with van der Waals surface area (Å²) in [6.45, 7) is 7.85. The van der Waals surface area contributed by atoms with Crippen molar-refractivity contribution in [2.75, 3.05) is 46.5 Å². The number of likely N-dealkylation sites (tertiary alicyclic amines) is 2. The Kier molecular flexibility index (Phi) is 11.9. The van der Waals surface area contributed by atoms with Gasteiger partial charge in [0.2, 0.25) is 11.8 Å². The predicted octanol–water partition coefficient (Wildman–Crippen LogP) is 8.07. The van der Waals surface area contributed by atoms with Gasteiger partial charge in [0, 0.05) is 31.7 Å². The maximum atomic E-state index is 14.4. The van der Waals surface area contributed by atoms with E-state index in [4.69, 9.17) is 19.4 Å². The SMILES string of the molecule is COC(=O)N[C@H](C(=O)N1CCC[C@H]1c1ncc(-c2ccc3cc(-c4ccc(-c5cnc([C@@H]6CCCN6C(=O)C(c6ccccc6)N6CCOCC6)[nH]5)cc4)ccc3c2)[nH]1)C(C)C. The number of carbonyl (C=O) groups excluding carboxylic acids is 3. The molecule has 3 saturated heterocycles. The van der Waals surface area contributed by atoms with Crippen molar-refractivity contribution >= 4 is 28.7 Å². The molecule has 6 aromatic rings. The number of fused-ring (bicyclic) bond motifs is 1. The molecule has 13 heteroatoms. The molecule has 2 aromatic heterocycles. The van der Waals surface area contributed by atoms with Crippen LogP contribution in [0.15, 0.2) is 103 Å². The van der Waals surface area contributed by atoms with Gasteiger partial charge in [0.1, 0.15) is 23.7 Å². The van der Waals surface area contributed by atoms with Crippen molar-refractivity contribution in [3.05, 3.63) is 121 Å². The second-order valence-electron chi connectivity index (χ2n) is 16.9. The van der Waals surface area contributed by atoms with E-state index in [1.165, 1.54) is 7.11 Å². The van der Waals surface area contributed by atoms with Gasteiger partial charge in [0.15, 0.2) is 0 Å². The van der Waals surface area contributed by atoms with Crippen molar-refractivity contribution in [3.8, 4) is 33.6 Å². The minimum Gasteiger partial charge on any atom is -0.453 e. The molecule has 3 aliphatic heterocycles. The van der Waals surface area contributed by atoms with E-state index in [9.17, 15) is 14.4 Å². The number of methoxy groups -OCH3 is 1. The number of hydrogen-bond donors (Lipinski definition) is 3. The van der Waals surface area contributed by atoms with Crippen LogP contribution in [0.2, 0.25) is 0 Å². The van der Waals surface area contributed by atoms with Crippen molar-refractivity contribution in [2.45, 2.75) is 63.7 Å². The van der Waals surface area contributed by atoms with Crippen LogP contribution in [-0.4, -0.2) is 105 Å². The third-order valence-corrected chi connectivity index (χ3v) is 12.7. The summed E-state index contributed by atoms with van der Waals surface area (Å²) in [7, 11) is 1.30. The fourth-order valence-corrected chi connectivity index (χ4v) is 9.39. The average molecular weight is 835 g/mol. The number of rotatable bonds is 11. The number of nitrogens with zero attached hydrogens (tertiary/aromatic N) is 5. The van der Waals surface area contributed by atoms with Crippen LogP contribution in [-0.2, 0) is 19.1 Å². The molecule has 3 N–H and O–H groups in total. The Bertz CT molecular complexity index is 2530. The fourth-order valence-electron chi connectivity index (χ4n) is 9.39. The molecule has 3 amide bonds. The molecule has 0 radical (unpaired) electrons. The Morgan fingerprint density at radius 1 is 0.694 bits per heavy atom. The summed E-state index contributed by atoms with van der Waals surface area (Å²) in [5.41, 5.74) is 7.09. The maximum Gasteiger partial charge on any atom is 0.407 e. The van der Waals surface area contributed by atoms with Crippen molar-refractivity contribution in [2.24, 2.45) is 5.92 Å². The molecule has 0 bridgehead atoms. The van der Waals surface area contributed by atoms with Gasteiger partial charge in [-0.2, -0.15) is 0 Å². The molecular formula is C49H54N8O5. The summed E-state index contributed by atoms with van der Waals surface area (Å²) < 4.78 is 10.4. The molecule has 0 spiro atoms. The summed E-state index contributed by atoms with van der Waals surface area (Å²) >= 11 is 0. The normalized spacial score (nSPS) is 19.2. The second-order valence-corrected chi connectivity index (χ2v) is 16.9. The molecule has 3 fully saturated rings. The molecule has 13 nitrogen and oxygen atoms in total. The van der Waals surface area contributed by atoms with Crippen LogP contribution in [0.4, 0.5) is 4.79 Å². The van der Waals surface area contributed by atoms with Crippen LogP contribution in [0.25, 0.3) is 44.4 Å². The molecule has 62 heavy (non-hydrogen) atoms. The van der Waals surface area contributed by atoms with Crippen molar-refractivity contribution in [1.29, 1.82) is 0 Å². The highest BCUT2D eigenvalue weighted by Gasteiger charge is 2.40. The zero-order chi connectivity index (χ0) is 42.7. The van der Waals surface area contributed by atoms with Gasteiger partial charge in [-0.15, -0.1) is 0 Å². The van der Waals surface area contributed by atoms with E-state index < -0.39 is 12.1 Å². The van der Waals surface area contributed by atoms with Gasteiger partial charge in [0.25, 0.3) is 0 Å². The number of amides is 3. The van der Waals surface area contributed by atoms with E-state index in [-0.39, 0.29) is 35.9 Å². The molecule has 4 aromatic carbocycles. The predicted molar refractivity (Wildman–Crippen MR) is 238 cm³/mol. The number of imidazole rings is 2. The molecule has 5 heterocycles. The molecule has 4 atom stereocenters. The summed E-state index contributed by atoms with van der Waals surface area (Å²) in [6, 6.07) is 30.2. The van der Waals surface area contributed by atoms with E-state index in [0.29, 0.717) is 26.3 Å². The van der Waals surface area contributed by atoms with Crippen LogP contribution in [0.5, 0.6) is 0 Å². The van der Waals surface area contributed by atoms with Gasteiger partial charge < -0.3 is 34.6 Å². The van der Waals surface area contributed by atoms with E-state index in [0.717, 1.165) is 100 Å². The van der Waals surface area contributed by atoms with Gasteiger partial charge in [-0.25, -0.2) is 14.8 Å². The number of aromatic amines is 2. The van der Waals surface area contributed by atoms with Gasteiger partial charge in [-0.3, -0.25) is 14.5 Å². The van der Waals surface area contributed by atoms with Gasteiger partial charge >= 0.3 is 6.09 Å². The number of carbonyl (C=O) groups is 3. The van der Waals surface area contributed by atoms with Crippen LogP contribution >= 0.6 is 0 Å². The fraction of sp³-hybridized carbons (Fsp3) is 0.367. The molecular weight excluding hydrogens is 781 g/mol. The lowest BCUT2D eigenvalue weighted by molar-refractivity contribution is -0.140. The number of nitrogens with one attached hydrogen (secondary N) is 3. The highest BCUT2D eigenvalue weighted by atomic mass is 16.5. The first kappa shape index (κ1) is 41.1. The number of benzene rings is 4. The first-order valence-corrected chi connectivity index (χ1v) is 21.8. The topological polar surface area (TPSA) is 149 Å². The standard InChI is InChI=1S/C49H54N8O5/c1-31(2)43(54-49(60)61-3)47(58)56-21-7-11-41(56)45-51-30-40(53-45)38-20-19-36-27-35(17-18-37(36)28-38)32-13-15-33(16-14-32)39-29-50-46(52-39)42-12-8-22-57(42)48(59)44(34-9-5-4-6-10-34)55-23-25-62-26-24-55/h4-6,9-10,13-20,27-31,41-44H,7-8,11-12,21-26H2,1-3H3,(H,50,52)(H,51,53)(H,54,60)/t41-,42-,43-,44?/m0/s1. The smallest absolute Gasteiger partial charge is 0.407 e. The number of ether oxygens (including phenoxy) is 2. The van der Waals surface area contributed by atoms with Gasteiger partial charge in [0.05, 0.1) is 56.2 Å². The first-order valence-electron chi connectivity index (χ1n) is 21.8. The zero-order valence-electron chi connectivity index (χ0n) is 35.6. The van der Waals surface area contributed by atoms with E-state index >= 15 is 0 Å². The third-order valence-electron chi connectivity index (χ3n) is 12.7. The van der Waals surface area contributed by atoms with Crippen molar-refractivity contribution in [3.63, 3.8) is 0 Å². The maximum absolute atomic E-state index is 14.4. The Morgan fingerprint density at radius 2 is 1.24 bits per heavy atom. The number of morpholine rings is 1. The average Bonchev–Trinajstić information content (AvgIpc) is 4.16. The van der Waals surface area contributed by atoms with Crippen molar-refractivity contribution < 1.29 is 23.9 Å². The minimum absolute atomic E-state index is 0.0995. The van der Waals surface area contributed by atoms with E-state index in [1.807, 2.05) is 54.2 Å². The number of hydrogen-bond acceptors (Lipinski definition) is 8. The highest BCUT2D eigenvalue weighted by Crippen LogP contribution is 2.37. The van der Waals surface area contributed by atoms with Crippen LogP contribution in [0.1, 0.15) is 74.9 Å². The third kappa shape index (κ3) is 8.34. The number of H-pyrrole nitrogens is 2. The molecule has 9 rings (SSSR count). The summed E-state index contributed by atoms with van der Waals surface area (Å²) in [5, 5.41) is 4.94. The molecule has 0 aliphatic carbocycles. The van der Waals surface area contributed by atoms with Crippen LogP contribution in [0.3, 0.4) is 0 Å². The first-order chi connectivity index (χ1) is 30.2. The van der Waals surface area contributed by atoms with Gasteiger partial charge in [-0.05, 0) is 76.8 Å². The second kappa shape index (κ2) is 18.0. The van der Waals surface area contributed by atoms with Gasteiger partial charge in [-0.1, -0.05) is 92.7 Å². The number of alkyl carbamates (subject to hydrolysis) is 1. The molecule has 0 saturated carbocycles. The Hall–Kier alpha value is -6.31. The highest BCUT2D eigenvalue weighted by molar-refractivity contribution is 5.91. The van der Waals surface area contributed by atoms with Crippen LogP contribution in [0, 0.1) is 5.92 Å². The monoisotopic (exact) mass is 834 g/mol. The van der Waals surface area contributed by atoms with Crippen LogP contribution < -0.4 is 5.32 Å². The van der Waals surface area contributed by atoms with E-state index in [1.54, 1.807) is 0 Å². The van der Waals surface area contributed by atoms with E-state index in [2.05, 4.69) is 93.0 Å². The Morgan fingerprint density at radius 3 is 1.85 bits per heavy atom. The largest absolute Gasteiger partial charge is 0.453 e. The Balaban J connectivity index is 0.873.